The molecule has 64 heavy (non-hydrogen) atoms. The maximum atomic E-state index is 13.7. The van der Waals surface area contributed by atoms with E-state index in [-0.39, 0.29) is 5.69 Å². The van der Waals surface area contributed by atoms with Crippen LogP contribution in [0.5, 0.6) is 5.75 Å². The van der Waals surface area contributed by atoms with E-state index < -0.39 is 161 Å². The molecule has 344 valence electrons. The predicted octanol–water partition coefficient (Wildman–Crippen LogP) is 3.78. The summed E-state index contributed by atoms with van der Waals surface area (Å²) in [5, 5.41) is 29.4. The van der Waals surface area contributed by atoms with Gasteiger partial charge in [-0.15, -0.1) is 20.5 Å². The van der Waals surface area contributed by atoms with Gasteiger partial charge in [-0.3, -0.25) is 22.8 Å². The Hall–Kier alpha value is -5.86. The van der Waals surface area contributed by atoms with Crippen molar-refractivity contribution in [2.24, 2.45) is 20.5 Å². The molecule has 5 aromatic rings. The number of aromatic hydroxyl groups is 1. The van der Waals surface area contributed by atoms with Crippen LogP contribution in [-0.2, 0) is 64.9 Å². The van der Waals surface area contributed by atoms with Crippen molar-refractivity contribution in [2.45, 2.75) is 19.6 Å². The fraction of sp³-hybridized carbons (Fsp3) is 0.103. The van der Waals surface area contributed by atoms with E-state index in [1.807, 2.05) is 0 Å². The second kappa shape index (κ2) is 18.0. The zero-order valence-corrected chi connectivity index (χ0v) is 35.7. The van der Waals surface area contributed by atoms with Gasteiger partial charge in [-0.25, -0.2) is 12.6 Å². The molecule has 1 aromatic heterocycles. The molecule has 0 saturated carbocycles. The lowest BCUT2D eigenvalue weighted by atomic mass is 10.1. The van der Waals surface area contributed by atoms with E-state index in [1.54, 1.807) is 0 Å². The van der Waals surface area contributed by atoms with Crippen LogP contribution in [0.3, 0.4) is 0 Å². The Labute approximate surface area is 358 Å². The first-order valence-electron chi connectivity index (χ1n) is 16.2. The van der Waals surface area contributed by atoms with Gasteiger partial charge in [0.2, 0.25) is 5.95 Å². The number of phenols is 1. The number of aromatic nitrogens is 2. The average molecular weight is 1020 g/mol. The first-order valence-corrected chi connectivity index (χ1v) is 25.1. The minimum absolute atomic E-state index is 0.227. The van der Waals surface area contributed by atoms with Gasteiger partial charge in [-0.1, -0.05) is 0 Å². The first-order chi connectivity index (χ1) is 29.3. The minimum atomic E-state index is -5.57. The number of hydrogen-bond donors (Lipinski definition) is 8. The van der Waals surface area contributed by atoms with E-state index in [1.165, 1.54) is 0 Å². The standard InChI is InChI=1S/C29H24F2N8O19S6/c30-24-12-25(35-29(31)34-24)33-14-1-6-21(61(46,47)48)20(9-14)37-39-27-23(63(52,53)54)11-17-16(28(27)40)3-5-19(32-13-60(43,44)45)26(17)38-36-18-4-2-15(10-22(18)62(49,50)51)59(41,42)8-7-58-64(55,56)57/h1-6,9-12,32,40H,7-8,13H2,(H,33,34,35)(H,43,44,45)(H,46,47,48)(H,49,50,51)(H,52,53,54)(H,55,56,57)/b38-36+,39-37+. The Kier molecular flexibility index (Phi) is 13.8. The maximum absolute atomic E-state index is 13.7. The lowest BCUT2D eigenvalue weighted by Crippen LogP contribution is -2.16. The number of nitrogens with zero attached hydrogens (tertiary/aromatic N) is 6. The molecule has 0 aliphatic rings. The van der Waals surface area contributed by atoms with Crippen LogP contribution in [0.25, 0.3) is 10.8 Å². The van der Waals surface area contributed by atoms with Gasteiger partial charge in [-0.05, 0) is 54.6 Å². The summed E-state index contributed by atoms with van der Waals surface area (Å²) in [7, 11) is -30.8. The lowest BCUT2D eigenvalue weighted by molar-refractivity contribution is 0.284. The SMILES string of the molecule is O=S(=O)(O)CNc1ccc2c(O)c(/N=N/c3cc(Nc4cc(F)nc(F)n4)ccc3S(=O)(=O)O)c(S(=O)(=O)O)cc2c1/N=N/c1ccc(S(=O)(=O)CCOS(=O)(=O)O)cc1S(=O)(=O)O. The number of phenolic OH excluding ortho intramolecular Hbond substituents is 1. The Morgan fingerprint density at radius 3 is 1.84 bits per heavy atom. The third-order valence-corrected chi connectivity index (χ3v) is 13.1. The topological polar surface area (TPSA) is 435 Å². The van der Waals surface area contributed by atoms with Crippen molar-refractivity contribution in [3.8, 4) is 5.75 Å². The minimum Gasteiger partial charge on any atom is -0.505 e. The summed E-state index contributed by atoms with van der Waals surface area (Å²) >= 11 is 0. The van der Waals surface area contributed by atoms with Gasteiger partial charge >= 0.3 is 16.5 Å². The van der Waals surface area contributed by atoms with Crippen LogP contribution < -0.4 is 10.6 Å². The molecule has 1 heterocycles. The van der Waals surface area contributed by atoms with E-state index in [2.05, 4.69) is 45.2 Å². The molecule has 0 saturated heterocycles. The van der Waals surface area contributed by atoms with Crippen LogP contribution in [0.2, 0.25) is 0 Å². The quantitative estimate of drug-likeness (QED) is 0.0284. The molecule has 4 aromatic carbocycles. The highest BCUT2D eigenvalue weighted by molar-refractivity contribution is 7.91. The first kappa shape index (κ1) is 49.2. The van der Waals surface area contributed by atoms with Gasteiger partial charge in [0.1, 0.15) is 49.1 Å². The summed E-state index contributed by atoms with van der Waals surface area (Å²) in [6.07, 6.45) is -1.51. The smallest absolute Gasteiger partial charge is 0.397 e. The molecule has 0 aliphatic heterocycles. The van der Waals surface area contributed by atoms with Crippen LogP contribution in [0.1, 0.15) is 0 Å². The second-order valence-corrected chi connectivity index (χ2v) is 21.0. The van der Waals surface area contributed by atoms with Gasteiger partial charge in [0, 0.05) is 22.5 Å². The van der Waals surface area contributed by atoms with Crippen LogP contribution in [0, 0.1) is 12.0 Å². The number of halogens is 2. The number of hydrogen-bond acceptors (Lipinski definition) is 22. The van der Waals surface area contributed by atoms with Crippen molar-refractivity contribution in [3.63, 3.8) is 0 Å². The summed E-state index contributed by atoms with van der Waals surface area (Å²) in [5.74, 6) is -5.49. The number of azo groups is 2. The van der Waals surface area contributed by atoms with Crippen LogP contribution in [0.4, 0.5) is 48.7 Å². The zero-order chi connectivity index (χ0) is 47.8. The molecule has 0 atom stereocenters. The van der Waals surface area contributed by atoms with Gasteiger partial charge < -0.3 is 15.7 Å². The number of benzene rings is 4. The average Bonchev–Trinajstić information content (AvgIpc) is 3.13. The third-order valence-electron chi connectivity index (χ3n) is 7.77. The van der Waals surface area contributed by atoms with Crippen molar-refractivity contribution in [3.05, 3.63) is 72.7 Å². The van der Waals surface area contributed by atoms with Crippen LogP contribution in [-0.4, -0.2) is 107 Å². The molecule has 0 bridgehead atoms. The van der Waals surface area contributed by atoms with Gasteiger partial charge in [0.15, 0.2) is 15.6 Å². The summed E-state index contributed by atoms with van der Waals surface area (Å²) in [4.78, 5) is 1.59. The summed E-state index contributed by atoms with van der Waals surface area (Å²) in [6.45, 7) is -1.14. The van der Waals surface area contributed by atoms with Crippen LogP contribution >= 0.6 is 0 Å². The van der Waals surface area contributed by atoms with Gasteiger partial charge in [-0.2, -0.15) is 60.8 Å². The number of sulfone groups is 1. The molecular weight excluding hydrogens is 995 g/mol. The fourth-order valence-electron chi connectivity index (χ4n) is 5.16. The Balaban J connectivity index is 1.70. The maximum Gasteiger partial charge on any atom is 0.397 e. The Bertz CT molecular complexity index is 3470. The molecule has 35 heteroatoms. The van der Waals surface area contributed by atoms with Crippen molar-refractivity contribution >= 4 is 111 Å². The molecule has 0 aliphatic carbocycles. The zero-order valence-electron chi connectivity index (χ0n) is 30.8. The molecule has 8 N–H and O–H groups in total. The number of nitrogens with one attached hydrogen (secondary N) is 2. The molecule has 0 amide bonds. The predicted molar refractivity (Wildman–Crippen MR) is 211 cm³/mol. The van der Waals surface area contributed by atoms with Crippen molar-refractivity contribution < 1.29 is 91.3 Å². The number of anilines is 3. The van der Waals surface area contributed by atoms with Gasteiger partial charge in [0.25, 0.3) is 40.5 Å². The molecule has 27 nitrogen and oxygen atoms in total. The molecule has 0 spiro atoms. The van der Waals surface area contributed by atoms with E-state index in [4.69, 9.17) is 4.55 Å². The normalized spacial score (nSPS) is 13.2. The lowest BCUT2D eigenvalue weighted by Gasteiger charge is -2.14. The molecule has 0 unspecified atom stereocenters. The van der Waals surface area contributed by atoms with Crippen LogP contribution in [0.15, 0.2) is 101 Å². The molecule has 0 radical (unpaired) electrons. The van der Waals surface area contributed by atoms with E-state index in [0.29, 0.717) is 36.4 Å². The van der Waals surface area contributed by atoms with Crippen molar-refractivity contribution in [2.75, 3.05) is 28.9 Å². The highest BCUT2D eigenvalue weighted by atomic mass is 32.3. The van der Waals surface area contributed by atoms with E-state index in [0.717, 1.165) is 24.3 Å². The van der Waals surface area contributed by atoms with E-state index in [9.17, 15) is 82.6 Å². The van der Waals surface area contributed by atoms with Crippen molar-refractivity contribution in [1.82, 2.24) is 9.97 Å². The highest BCUT2D eigenvalue weighted by Crippen LogP contribution is 2.47. The number of fused-ring (bicyclic) bond motifs is 1. The molecule has 0 fully saturated rings. The highest BCUT2D eigenvalue weighted by Gasteiger charge is 2.27. The summed E-state index contributed by atoms with van der Waals surface area (Å²) in [6, 6.07) is 7.16. The Morgan fingerprint density at radius 1 is 0.625 bits per heavy atom. The summed E-state index contributed by atoms with van der Waals surface area (Å²) < 4.78 is 224. The second-order valence-electron chi connectivity index (χ2n) is 12.2. The van der Waals surface area contributed by atoms with Crippen molar-refractivity contribution in [1.29, 1.82) is 0 Å². The molecular formula is C29H24F2N8O19S6. The largest absolute Gasteiger partial charge is 0.505 e. The van der Waals surface area contributed by atoms with Gasteiger partial charge in [0.05, 0.1) is 22.9 Å². The van der Waals surface area contributed by atoms with E-state index >= 15 is 0 Å². The fourth-order valence-corrected chi connectivity index (χ4v) is 8.99. The number of rotatable bonds is 17. The molecule has 5 rings (SSSR count). The Morgan fingerprint density at radius 2 is 1.25 bits per heavy atom. The summed E-state index contributed by atoms with van der Waals surface area (Å²) in [5.41, 5.74) is -4.32. The monoisotopic (exact) mass is 1020 g/mol. The third kappa shape index (κ3) is 12.4.